The minimum Gasteiger partial charge on any atom is -0.470 e. The minimum absolute atomic E-state index is 0.0380. The number of aromatic nitrogens is 2. The van der Waals surface area contributed by atoms with Crippen molar-refractivity contribution in [3.8, 4) is 5.88 Å². The van der Waals surface area contributed by atoms with Crippen LogP contribution in [-0.2, 0) is 0 Å². The molecule has 1 N–H and O–H groups in total. The molecule has 0 bridgehead atoms. The summed E-state index contributed by atoms with van der Waals surface area (Å²) in [6.45, 7) is 1.60. The van der Waals surface area contributed by atoms with Crippen LogP contribution in [0.2, 0.25) is 0 Å². The van der Waals surface area contributed by atoms with E-state index in [4.69, 9.17) is 4.74 Å². The van der Waals surface area contributed by atoms with Gasteiger partial charge in [0.15, 0.2) is 6.61 Å². The third-order valence-electron chi connectivity index (χ3n) is 3.00. The molecular formula is C16H16F3N3O2. The molecule has 128 valence electrons. The quantitative estimate of drug-likeness (QED) is 0.878. The Morgan fingerprint density at radius 1 is 1.33 bits per heavy atom. The highest BCUT2D eigenvalue weighted by molar-refractivity contribution is 5.94. The molecule has 1 aromatic heterocycles. The van der Waals surface area contributed by atoms with Crippen molar-refractivity contribution in [1.82, 2.24) is 15.3 Å². The lowest BCUT2D eigenvalue weighted by atomic mass is 10.2. The molecule has 0 radical (unpaired) electrons. The zero-order chi connectivity index (χ0) is 17.7. The highest BCUT2D eigenvalue weighted by atomic mass is 19.3. The fourth-order valence-electron chi connectivity index (χ4n) is 1.81. The molecular weight excluding hydrogens is 323 g/mol. The van der Waals surface area contributed by atoms with Crippen molar-refractivity contribution in [2.75, 3.05) is 6.61 Å². The summed E-state index contributed by atoms with van der Waals surface area (Å²) in [7, 11) is 0. The van der Waals surface area contributed by atoms with Crippen molar-refractivity contribution in [3.05, 3.63) is 53.7 Å². The number of carbonyl (C=O) groups excluding carboxylic acids is 1. The number of alkyl halides is 2. The Labute approximate surface area is 136 Å². The van der Waals surface area contributed by atoms with E-state index in [0.717, 1.165) is 13.0 Å². The number of hydrogen-bond donors (Lipinski definition) is 1. The van der Waals surface area contributed by atoms with Crippen molar-refractivity contribution < 1.29 is 22.7 Å². The molecule has 0 aliphatic heterocycles. The van der Waals surface area contributed by atoms with Gasteiger partial charge in [-0.3, -0.25) is 9.78 Å². The van der Waals surface area contributed by atoms with Gasteiger partial charge < -0.3 is 10.1 Å². The van der Waals surface area contributed by atoms with Gasteiger partial charge in [-0.25, -0.2) is 18.2 Å². The van der Waals surface area contributed by atoms with Crippen molar-refractivity contribution in [3.63, 3.8) is 0 Å². The Bertz CT molecular complexity index is 702. The Kier molecular flexibility index (Phi) is 5.38. The number of nitrogens with zero attached hydrogens (tertiary/aromatic N) is 2. The monoisotopic (exact) mass is 339 g/mol. The zero-order valence-electron chi connectivity index (χ0n) is 13.1. The molecule has 0 aliphatic carbocycles. The van der Waals surface area contributed by atoms with Crippen LogP contribution in [0.3, 0.4) is 0 Å². The molecule has 5 nitrogen and oxygen atoms in total. The summed E-state index contributed by atoms with van der Waals surface area (Å²) in [5.41, 5.74) is 0.593. The van der Waals surface area contributed by atoms with E-state index in [1.807, 2.05) is 0 Å². The second-order valence-corrected chi connectivity index (χ2v) is 5.34. The van der Waals surface area contributed by atoms with Crippen LogP contribution in [0.15, 0.2) is 36.7 Å². The number of ether oxygens (including phenoxy) is 1. The predicted octanol–water partition coefficient (Wildman–Crippen LogP) is 3.14. The van der Waals surface area contributed by atoms with Crippen LogP contribution >= 0.6 is 0 Å². The predicted molar refractivity (Wildman–Crippen MR) is 80.4 cm³/mol. The van der Waals surface area contributed by atoms with Crippen molar-refractivity contribution in [2.45, 2.75) is 25.8 Å². The van der Waals surface area contributed by atoms with Gasteiger partial charge in [0.2, 0.25) is 5.88 Å². The largest absolute Gasteiger partial charge is 0.470 e. The summed E-state index contributed by atoms with van der Waals surface area (Å²) >= 11 is 0. The number of halogens is 3. The second kappa shape index (κ2) is 7.29. The lowest BCUT2D eigenvalue weighted by molar-refractivity contribution is -0.0243. The third-order valence-corrected chi connectivity index (χ3v) is 3.00. The summed E-state index contributed by atoms with van der Waals surface area (Å²) in [4.78, 5) is 19.9. The number of carbonyl (C=O) groups is 1. The van der Waals surface area contributed by atoms with E-state index in [9.17, 15) is 18.0 Å². The van der Waals surface area contributed by atoms with Gasteiger partial charge in [0.05, 0.1) is 24.1 Å². The van der Waals surface area contributed by atoms with Gasteiger partial charge >= 0.3 is 0 Å². The van der Waals surface area contributed by atoms with Crippen LogP contribution in [0.1, 0.15) is 35.9 Å². The number of nitrogens with one attached hydrogen (secondary N) is 1. The van der Waals surface area contributed by atoms with Gasteiger partial charge in [-0.1, -0.05) is 6.07 Å². The first-order chi connectivity index (χ1) is 11.2. The van der Waals surface area contributed by atoms with Crippen molar-refractivity contribution >= 4 is 5.91 Å². The summed E-state index contributed by atoms with van der Waals surface area (Å²) in [6, 6.07) is 4.78. The standard InChI is InChI=1S/C16H16F3N3O2/c1-10(22-15(23)11-4-3-5-12(17)6-11)13-7-21-14(8-20-13)24-9-16(2,18)19/h3-8,10H,9H2,1-2H3,(H,22,23). The highest BCUT2D eigenvalue weighted by Gasteiger charge is 2.22. The van der Waals surface area contributed by atoms with E-state index in [1.165, 1.54) is 30.6 Å². The molecule has 24 heavy (non-hydrogen) atoms. The summed E-state index contributed by atoms with van der Waals surface area (Å²) in [5.74, 6) is -3.98. The maximum Gasteiger partial charge on any atom is 0.278 e. The number of hydrogen-bond acceptors (Lipinski definition) is 4. The molecule has 1 aromatic carbocycles. The fraction of sp³-hybridized carbons (Fsp3) is 0.312. The van der Waals surface area contributed by atoms with Gasteiger partial charge in [0, 0.05) is 12.5 Å². The summed E-state index contributed by atoms with van der Waals surface area (Å²) in [6.07, 6.45) is 2.52. The number of benzene rings is 1. The lowest BCUT2D eigenvalue weighted by Gasteiger charge is -2.14. The Morgan fingerprint density at radius 3 is 2.67 bits per heavy atom. The molecule has 1 amide bonds. The first-order valence-electron chi connectivity index (χ1n) is 7.13. The van der Waals surface area contributed by atoms with Crippen LogP contribution in [-0.4, -0.2) is 28.4 Å². The Morgan fingerprint density at radius 2 is 2.08 bits per heavy atom. The minimum atomic E-state index is -2.97. The van der Waals surface area contributed by atoms with Crippen LogP contribution in [0.5, 0.6) is 5.88 Å². The van der Waals surface area contributed by atoms with Gasteiger partial charge in [-0.15, -0.1) is 0 Å². The van der Waals surface area contributed by atoms with Gasteiger partial charge in [0.25, 0.3) is 11.8 Å². The zero-order valence-corrected chi connectivity index (χ0v) is 13.1. The van der Waals surface area contributed by atoms with Crippen LogP contribution in [0.4, 0.5) is 13.2 Å². The van der Waals surface area contributed by atoms with Crippen molar-refractivity contribution in [2.24, 2.45) is 0 Å². The van der Waals surface area contributed by atoms with Crippen molar-refractivity contribution in [1.29, 1.82) is 0 Å². The van der Waals surface area contributed by atoms with E-state index in [1.54, 1.807) is 6.92 Å². The molecule has 0 spiro atoms. The average molecular weight is 339 g/mol. The van der Waals surface area contributed by atoms with E-state index in [0.29, 0.717) is 5.69 Å². The summed E-state index contributed by atoms with van der Waals surface area (Å²) < 4.78 is 43.3. The molecule has 1 heterocycles. The highest BCUT2D eigenvalue weighted by Crippen LogP contribution is 2.16. The van der Waals surface area contributed by atoms with Gasteiger partial charge in [-0.05, 0) is 25.1 Å². The molecule has 8 heteroatoms. The maximum absolute atomic E-state index is 13.1. The number of amides is 1. The topological polar surface area (TPSA) is 64.1 Å². The molecule has 0 aliphatic rings. The first-order valence-corrected chi connectivity index (χ1v) is 7.13. The van der Waals surface area contributed by atoms with Crippen LogP contribution in [0.25, 0.3) is 0 Å². The second-order valence-electron chi connectivity index (χ2n) is 5.34. The van der Waals surface area contributed by atoms with Crippen LogP contribution in [0, 0.1) is 5.82 Å². The SMILES string of the molecule is CC(NC(=O)c1cccc(F)c1)c1cnc(OCC(C)(F)F)cn1. The maximum atomic E-state index is 13.1. The van der Waals surface area contributed by atoms with E-state index in [2.05, 4.69) is 15.3 Å². The van der Waals surface area contributed by atoms with Gasteiger partial charge in [0.1, 0.15) is 5.82 Å². The Hall–Kier alpha value is -2.64. The third kappa shape index (κ3) is 5.22. The van der Waals surface area contributed by atoms with E-state index >= 15 is 0 Å². The normalized spacial score (nSPS) is 12.5. The van der Waals surface area contributed by atoms with Crippen LogP contribution < -0.4 is 10.1 Å². The molecule has 2 aromatic rings. The molecule has 0 fully saturated rings. The molecule has 2 rings (SSSR count). The molecule has 0 saturated heterocycles. The molecule has 1 unspecified atom stereocenters. The molecule has 1 atom stereocenters. The number of rotatable bonds is 6. The van der Waals surface area contributed by atoms with E-state index < -0.39 is 30.3 Å². The average Bonchev–Trinajstić information content (AvgIpc) is 2.52. The summed E-state index contributed by atoms with van der Waals surface area (Å²) in [5, 5.41) is 2.65. The Balaban J connectivity index is 1.97. The lowest BCUT2D eigenvalue weighted by Crippen LogP contribution is -2.27. The van der Waals surface area contributed by atoms with Gasteiger partial charge in [-0.2, -0.15) is 0 Å². The fourth-order valence-corrected chi connectivity index (χ4v) is 1.81. The molecule has 0 saturated carbocycles. The van der Waals surface area contributed by atoms with E-state index in [-0.39, 0.29) is 11.4 Å². The first kappa shape index (κ1) is 17.7. The smallest absolute Gasteiger partial charge is 0.278 e.